The van der Waals surface area contributed by atoms with Gasteiger partial charge in [-0.2, -0.15) is 5.10 Å². The van der Waals surface area contributed by atoms with Crippen LogP contribution in [-0.2, 0) is 6.54 Å². The Bertz CT molecular complexity index is 1440. The molecule has 0 aliphatic rings. The zero-order valence-corrected chi connectivity index (χ0v) is 19.2. The van der Waals surface area contributed by atoms with E-state index in [1.54, 1.807) is 42.1 Å². The normalized spacial score (nSPS) is 12.1. The minimum atomic E-state index is -0.936. The van der Waals surface area contributed by atoms with Crippen LogP contribution in [0.1, 0.15) is 32.4 Å². The summed E-state index contributed by atoms with van der Waals surface area (Å²) in [5.74, 6) is -0.00166. The molecule has 174 valence electrons. The SMILES string of the molecule is CC(C)Cn1c(-c2cnn(-c3ccccc3)c2)c([N+](=O)[O-])c(=O)n(C(C)c2ccccc2)c1=O. The van der Waals surface area contributed by atoms with E-state index >= 15 is 0 Å². The Kier molecular flexibility index (Phi) is 6.27. The number of aromatic nitrogens is 4. The van der Waals surface area contributed by atoms with Gasteiger partial charge in [-0.15, -0.1) is 0 Å². The number of benzene rings is 2. The zero-order chi connectivity index (χ0) is 24.4. The van der Waals surface area contributed by atoms with E-state index in [-0.39, 0.29) is 18.2 Å². The molecule has 9 heteroatoms. The van der Waals surface area contributed by atoms with Crippen molar-refractivity contribution in [3.8, 4) is 16.9 Å². The van der Waals surface area contributed by atoms with E-state index in [0.29, 0.717) is 11.1 Å². The molecule has 34 heavy (non-hydrogen) atoms. The largest absolute Gasteiger partial charge is 0.358 e. The lowest BCUT2D eigenvalue weighted by Gasteiger charge is -2.20. The summed E-state index contributed by atoms with van der Waals surface area (Å²) in [7, 11) is 0. The first-order chi connectivity index (χ1) is 16.3. The highest BCUT2D eigenvalue weighted by atomic mass is 16.6. The maximum Gasteiger partial charge on any atom is 0.358 e. The molecule has 0 fully saturated rings. The van der Waals surface area contributed by atoms with E-state index in [1.807, 2.05) is 50.2 Å². The molecule has 0 radical (unpaired) electrons. The maximum absolute atomic E-state index is 13.7. The molecule has 1 atom stereocenters. The average Bonchev–Trinajstić information content (AvgIpc) is 3.31. The van der Waals surface area contributed by atoms with Gasteiger partial charge in [0.2, 0.25) is 0 Å². The van der Waals surface area contributed by atoms with Gasteiger partial charge in [0.15, 0.2) is 0 Å². The molecule has 2 aromatic heterocycles. The molecule has 1 unspecified atom stereocenters. The molecule has 0 aliphatic heterocycles. The highest BCUT2D eigenvalue weighted by Gasteiger charge is 2.31. The fourth-order valence-corrected chi connectivity index (χ4v) is 4.04. The molecule has 0 amide bonds. The minimum Gasteiger partial charge on any atom is -0.287 e. The Morgan fingerprint density at radius 1 is 0.971 bits per heavy atom. The van der Waals surface area contributed by atoms with Gasteiger partial charge in [-0.25, -0.2) is 14.0 Å². The summed E-state index contributed by atoms with van der Waals surface area (Å²) >= 11 is 0. The Hall–Kier alpha value is -4.27. The van der Waals surface area contributed by atoms with E-state index in [4.69, 9.17) is 0 Å². The summed E-state index contributed by atoms with van der Waals surface area (Å²) in [4.78, 5) is 38.6. The predicted molar refractivity (Wildman–Crippen MR) is 129 cm³/mol. The van der Waals surface area contributed by atoms with Crippen LogP contribution >= 0.6 is 0 Å². The lowest BCUT2D eigenvalue weighted by atomic mass is 10.1. The van der Waals surface area contributed by atoms with Gasteiger partial charge in [0.05, 0.1) is 22.8 Å². The van der Waals surface area contributed by atoms with Gasteiger partial charge in [-0.05, 0) is 30.5 Å². The van der Waals surface area contributed by atoms with Crippen LogP contribution < -0.4 is 11.2 Å². The molecule has 0 spiro atoms. The van der Waals surface area contributed by atoms with Crippen LogP contribution in [0.5, 0.6) is 0 Å². The Morgan fingerprint density at radius 3 is 2.18 bits per heavy atom. The predicted octanol–water partition coefficient (Wildman–Crippen LogP) is 4.04. The van der Waals surface area contributed by atoms with Crippen molar-refractivity contribution in [2.75, 3.05) is 0 Å². The summed E-state index contributed by atoms with van der Waals surface area (Å²) in [6, 6.07) is 17.5. The average molecular weight is 460 g/mol. The van der Waals surface area contributed by atoms with E-state index in [2.05, 4.69) is 5.10 Å². The van der Waals surface area contributed by atoms with Crippen molar-refractivity contribution >= 4 is 5.69 Å². The second kappa shape index (κ2) is 9.30. The van der Waals surface area contributed by atoms with Gasteiger partial charge in [-0.1, -0.05) is 62.4 Å². The van der Waals surface area contributed by atoms with E-state index in [0.717, 1.165) is 10.3 Å². The maximum atomic E-state index is 13.7. The Labute approximate surface area is 195 Å². The van der Waals surface area contributed by atoms with E-state index in [1.165, 1.54) is 10.8 Å². The van der Waals surface area contributed by atoms with E-state index < -0.39 is 27.9 Å². The smallest absolute Gasteiger partial charge is 0.287 e. The molecular weight excluding hydrogens is 434 g/mol. The van der Waals surface area contributed by atoms with Gasteiger partial charge in [-0.3, -0.25) is 19.5 Å². The van der Waals surface area contributed by atoms with Crippen LogP contribution in [0.25, 0.3) is 16.9 Å². The van der Waals surface area contributed by atoms with Crippen molar-refractivity contribution in [2.24, 2.45) is 5.92 Å². The molecule has 0 saturated heterocycles. The highest BCUT2D eigenvalue weighted by molar-refractivity contribution is 5.68. The zero-order valence-electron chi connectivity index (χ0n) is 19.2. The van der Waals surface area contributed by atoms with Crippen molar-refractivity contribution in [3.05, 3.63) is 110 Å². The number of nitro groups is 1. The lowest BCUT2D eigenvalue weighted by Crippen LogP contribution is -2.44. The third-order valence-corrected chi connectivity index (χ3v) is 5.63. The molecule has 2 aromatic carbocycles. The summed E-state index contributed by atoms with van der Waals surface area (Å²) < 4.78 is 3.86. The molecule has 4 rings (SSSR count). The van der Waals surface area contributed by atoms with Crippen LogP contribution in [0.4, 0.5) is 5.69 Å². The van der Waals surface area contributed by atoms with Crippen LogP contribution in [-0.4, -0.2) is 23.8 Å². The molecule has 4 aromatic rings. The first-order valence-corrected chi connectivity index (χ1v) is 11.0. The first-order valence-electron chi connectivity index (χ1n) is 11.0. The quantitative estimate of drug-likeness (QED) is 0.306. The van der Waals surface area contributed by atoms with Crippen molar-refractivity contribution in [3.63, 3.8) is 0 Å². The summed E-state index contributed by atoms with van der Waals surface area (Å²) in [5, 5.41) is 16.5. The fourth-order valence-electron chi connectivity index (χ4n) is 4.04. The fraction of sp³-hybridized carbons (Fsp3) is 0.240. The molecule has 2 heterocycles. The summed E-state index contributed by atoms with van der Waals surface area (Å²) in [5.41, 5.74) is -0.429. The number of hydrogen-bond donors (Lipinski definition) is 0. The van der Waals surface area contributed by atoms with Gasteiger partial charge in [0.1, 0.15) is 5.69 Å². The number of hydrogen-bond acceptors (Lipinski definition) is 5. The first kappa shape index (κ1) is 22.9. The molecule has 9 nitrogen and oxygen atoms in total. The van der Waals surface area contributed by atoms with Gasteiger partial charge < -0.3 is 0 Å². The van der Waals surface area contributed by atoms with Crippen LogP contribution in [0.2, 0.25) is 0 Å². The lowest BCUT2D eigenvalue weighted by molar-refractivity contribution is -0.386. The van der Waals surface area contributed by atoms with Crippen molar-refractivity contribution in [1.82, 2.24) is 18.9 Å². The third-order valence-electron chi connectivity index (χ3n) is 5.63. The standard InChI is InChI=1S/C25H25N5O4/c1-17(2)15-27-22(20-14-26-28(16-20)21-12-8-5-9-13-21)23(30(33)34)24(31)29(25(27)32)18(3)19-10-6-4-7-11-19/h4-14,16-18H,15H2,1-3H3. The second-order valence-corrected chi connectivity index (χ2v) is 8.51. The summed E-state index contributed by atoms with van der Waals surface area (Å²) in [6.07, 6.45) is 3.04. The Balaban J connectivity index is 2.00. The van der Waals surface area contributed by atoms with Crippen LogP contribution in [0.15, 0.2) is 82.6 Å². The van der Waals surface area contributed by atoms with Crippen molar-refractivity contribution in [2.45, 2.75) is 33.4 Å². The topological polar surface area (TPSA) is 105 Å². The Morgan fingerprint density at radius 2 is 1.59 bits per heavy atom. The van der Waals surface area contributed by atoms with Crippen LogP contribution in [0.3, 0.4) is 0 Å². The minimum absolute atomic E-state index is 0.00166. The number of para-hydroxylation sites is 1. The van der Waals surface area contributed by atoms with Gasteiger partial charge in [0, 0.05) is 18.3 Å². The molecule has 0 saturated carbocycles. The molecule has 0 N–H and O–H groups in total. The monoisotopic (exact) mass is 459 g/mol. The van der Waals surface area contributed by atoms with Gasteiger partial charge >= 0.3 is 16.9 Å². The van der Waals surface area contributed by atoms with Crippen molar-refractivity contribution in [1.29, 1.82) is 0 Å². The van der Waals surface area contributed by atoms with Crippen molar-refractivity contribution < 1.29 is 4.92 Å². The molecule has 0 aliphatic carbocycles. The number of rotatable bonds is 7. The summed E-state index contributed by atoms with van der Waals surface area (Å²) in [6.45, 7) is 5.71. The molecule has 0 bridgehead atoms. The third kappa shape index (κ3) is 4.19. The van der Waals surface area contributed by atoms with E-state index in [9.17, 15) is 19.7 Å². The number of nitrogens with zero attached hydrogens (tertiary/aromatic N) is 5. The second-order valence-electron chi connectivity index (χ2n) is 8.51. The van der Waals surface area contributed by atoms with Crippen LogP contribution in [0, 0.1) is 16.0 Å². The van der Waals surface area contributed by atoms with Gasteiger partial charge in [0.25, 0.3) is 0 Å². The molecular formula is C25H25N5O4. The highest BCUT2D eigenvalue weighted by Crippen LogP contribution is 2.28.